The summed E-state index contributed by atoms with van der Waals surface area (Å²) in [7, 11) is -5.12. The Kier molecular flexibility index (Phi) is 21.1. The van der Waals surface area contributed by atoms with Gasteiger partial charge in [0.1, 0.15) is 12.7 Å². The molecule has 0 saturated heterocycles. The van der Waals surface area contributed by atoms with Gasteiger partial charge in [-0.25, -0.2) is 0 Å². The van der Waals surface area contributed by atoms with Crippen molar-refractivity contribution < 1.29 is 33.5 Å². The molecule has 1 N–H and O–H groups in total. The van der Waals surface area contributed by atoms with Crippen molar-refractivity contribution in [1.82, 2.24) is 0 Å². The fourth-order valence-corrected chi connectivity index (χ4v) is 3.84. The third kappa shape index (κ3) is 25.7. The maximum atomic E-state index is 11.6. The molecule has 0 aliphatic carbocycles. The predicted molar refractivity (Wildman–Crippen MR) is 119 cm³/mol. The van der Waals surface area contributed by atoms with Crippen molar-refractivity contribution in [3.05, 3.63) is 0 Å². The lowest BCUT2D eigenvalue weighted by atomic mass is 10.0. The van der Waals surface area contributed by atoms with E-state index in [1.807, 2.05) is 0 Å². The average molecular weight is 465 g/mol. The molecule has 0 aliphatic heterocycles. The van der Waals surface area contributed by atoms with E-state index in [0.717, 1.165) is 19.3 Å². The summed E-state index contributed by atoms with van der Waals surface area (Å²) in [5, 5.41) is 9.38. The van der Waals surface area contributed by atoms with Crippen LogP contribution in [0.3, 0.4) is 0 Å². The van der Waals surface area contributed by atoms with E-state index in [1.165, 1.54) is 89.9 Å². The van der Waals surface area contributed by atoms with E-state index in [2.05, 4.69) is 11.4 Å². The van der Waals surface area contributed by atoms with Crippen LogP contribution in [0.1, 0.15) is 122 Å². The molecule has 31 heavy (non-hydrogen) atoms. The number of carbonyl (C=O) groups is 1. The van der Waals surface area contributed by atoms with Crippen molar-refractivity contribution in [2.45, 2.75) is 129 Å². The van der Waals surface area contributed by atoms with E-state index in [1.54, 1.807) is 0 Å². The van der Waals surface area contributed by atoms with E-state index in [9.17, 15) is 24.3 Å². The van der Waals surface area contributed by atoms with Gasteiger partial charge in [-0.1, -0.05) is 110 Å². The zero-order chi connectivity index (χ0) is 23.2. The van der Waals surface area contributed by atoms with Crippen molar-refractivity contribution in [2.24, 2.45) is 0 Å². The first-order valence-corrected chi connectivity index (χ1v) is 13.8. The molecule has 0 fully saturated rings. The number of carbonyl (C=O) groups excluding carboxylic acids is 1. The highest BCUT2D eigenvalue weighted by Crippen LogP contribution is 2.24. The van der Waals surface area contributed by atoms with Crippen LogP contribution < -0.4 is 9.79 Å². The molecule has 0 aromatic heterocycles. The maximum Gasteiger partial charge on any atom is 0.305 e. The first-order valence-electron chi connectivity index (χ1n) is 12.4. The summed E-state index contributed by atoms with van der Waals surface area (Å²) in [6, 6.07) is 0. The van der Waals surface area contributed by atoms with E-state index >= 15 is 0 Å². The van der Waals surface area contributed by atoms with Crippen LogP contribution in [-0.4, -0.2) is 30.4 Å². The van der Waals surface area contributed by atoms with Crippen molar-refractivity contribution in [3.63, 3.8) is 0 Å². The fourth-order valence-electron chi connectivity index (χ4n) is 3.48. The van der Waals surface area contributed by atoms with Gasteiger partial charge in [0, 0.05) is 6.42 Å². The number of unbranched alkanes of at least 4 members (excludes halogenated alkanes) is 16. The SMILES string of the molecule is CCCCCCCCCCCCCCCCCCCC(=O)OC[C@@H](O)COP(=O)([O-])[O-]. The largest absolute Gasteiger partial charge is 0.790 e. The third-order valence-electron chi connectivity index (χ3n) is 5.35. The number of rotatable bonds is 23. The molecule has 0 radical (unpaired) electrons. The molecule has 186 valence electrons. The van der Waals surface area contributed by atoms with Crippen LogP contribution in [0.2, 0.25) is 0 Å². The summed E-state index contributed by atoms with van der Waals surface area (Å²) in [6.07, 6.45) is 20.6. The number of hydrogen-bond acceptors (Lipinski definition) is 7. The highest BCUT2D eigenvalue weighted by molar-refractivity contribution is 7.43. The third-order valence-corrected chi connectivity index (χ3v) is 5.81. The topological polar surface area (TPSA) is 119 Å². The zero-order valence-electron chi connectivity index (χ0n) is 19.6. The van der Waals surface area contributed by atoms with Gasteiger partial charge < -0.3 is 28.7 Å². The summed E-state index contributed by atoms with van der Waals surface area (Å²) in [4.78, 5) is 32.1. The van der Waals surface area contributed by atoms with Gasteiger partial charge in [0.25, 0.3) is 0 Å². The van der Waals surface area contributed by atoms with Crippen LogP contribution in [0.15, 0.2) is 0 Å². The lowest BCUT2D eigenvalue weighted by molar-refractivity contribution is -0.342. The Bertz CT molecular complexity index is 453. The summed E-state index contributed by atoms with van der Waals surface area (Å²) in [6.45, 7) is 1.18. The van der Waals surface area contributed by atoms with Crippen LogP contribution >= 0.6 is 7.82 Å². The molecule has 0 bridgehead atoms. The van der Waals surface area contributed by atoms with E-state index < -0.39 is 26.5 Å². The molecule has 0 aromatic rings. The van der Waals surface area contributed by atoms with Gasteiger partial charge in [-0.3, -0.25) is 4.79 Å². The average Bonchev–Trinajstić information content (AvgIpc) is 2.72. The first-order chi connectivity index (χ1) is 14.8. The van der Waals surface area contributed by atoms with Crippen molar-refractivity contribution in [1.29, 1.82) is 0 Å². The number of phosphoric acid groups is 1. The fraction of sp³-hybridized carbons (Fsp3) is 0.957. The van der Waals surface area contributed by atoms with Gasteiger partial charge in [0.15, 0.2) is 0 Å². The highest BCUT2D eigenvalue weighted by atomic mass is 31.2. The Hall–Kier alpha value is -0.460. The highest BCUT2D eigenvalue weighted by Gasteiger charge is 2.09. The number of phosphoric ester groups is 1. The molecule has 0 aliphatic rings. The summed E-state index contributed by atoms with van der Waals surface area (Å²) >= 11 is 0. The van der Waals surface area contributed by atoms with Crippen molar-refractivity contribution in [3.8, 4) is 0 Å². The first kappa shape index (κ1) is 30.5. The second-order valence-corrected chi connectivity index (χ2v) is 9.64. The monoisotopic (exact) mass is 464 g/mol. The maximum absolute atomic E-state index is 11.6. The van der Waals surface area contributed by atoms with Crippen LogP contribution in [0, 0.1) is 0 Å². The van der Waals surface area contributed by atoms with Gasteiger partial charge in [0.05, 0.1) is 14.4 Å². The molecule has 8 heteroatoms. The Morgan fingerprint density at radius 1 is 0.742 bits per heavy atom. The number of esters is 1. The predicted octanol–water partition coefficient (Wildman–Crippen LogP) is 4.78. The molecule has 0 unspecified atom stereocenters. The Balaban J connectivity index is 3.27. The molecular formula is C23H45O7P-2. The van der Waals surface area contributed by atoms with Crippen LogP contribution in [-0.2, 0) is 18.6 Å². The Morgan fingerprint density at radius 3 is 1.52 bits per heavy atom. The Labute approximate surface area is 189 Å². The zero-order valence-corrected chi connectivity index (χ0v) is 20.5. The Morgan fingerprint density at radius 2 is 1.13 bits per heavy atom. The quantitative estimate of drug-likeness (QED) is 0.131. The van der Waals surface area contributed by atoms with Crippen molar-refractivity contribution in [2.75, 3.05) is 13.2 Å². The van der Waals surface area contributed by atoms with Gasteiger partial charge in [-0.05, 0) is 6.42 Å². The molecule has 0 rings (SSSR count). The minimum absolute atomic E-state index is 0.272. The molecule has 0 aromatic carbocycles. The number of hydrogen-bond donors (Lipinski definition) is 1. The van der Waals surface area contributed by atoms with Gasteiger partial charge in [-0.15, -0.1) is 0 Å². The number of aliphatic hydroxyl groups excluding tert-OH is 1. The molecule has 0 spiro atoms. The minimum Gasteiger partial charge on any atom is -0.790 e. The van der Waals surface area contributed by atoms with Gasteiger partial charge in [0.2, 0.25) is 0 Å². The minimum atomic E-state index is -5.12. The van der Waals surface area contributed by atoms with Gasteiger partial charge in [-0.2, -0.15) is 0 Å². The summed E-state index contributed by atoms with van der Waals surface area (Å²) in [5.41, 5.74) is 0. The second-order valence-electron chi connectivity index (χ2n) is 8.49. The van der Waals surface area contributed by atoms with E-state index in [0.29, 0.717) is 0 Å². The number of ether oxygens (including phenoxy) is 1. The lowest BCUT2D eigenvalue weighted by Gasteiger charge is -2.29. The van der Waals surface area contributed by atoms with Crippen LogP contribution in [0.25, 0.3) is 0 Å². The summed E-state index contributed by atoms with van der Waals surface area (Å²) < 4.78 is 19.0. The molecule has 0 heterocycles. The molecule has 0 amide bonds. The summed E-state index contributed by atoms with van der Waals surface area (Å²) in [5.74, 6) is -0.438. The normalized spacial score (nSPS) is 12.8. The second kappa shape index (κ2) is 21.4. The molecule has 1 atom stereocenters. The molecular weight excluding hydrogens is 419 g/mol. The number of aliphatic hydroxyl groups is 1. The van der Waals surface area contributed by atoms with Crippen molar-refractivity contribution >= 4 is 13.8 Å². The van der Waals surface area contributed by atoms with E-state index in [-0.39, 0.29) is 13.0 Å². The smallest absolute Gasteiger partial charge is 0.305 e. The van der Waals surface area contributed by atoms with Crippen LogP contribution in [0.5, 0.6) is 0 Å². The van der Waals surface area contributed by atoms with Gasteiger partial charge >= 0.3 is 5.97 Å². The van der Waals surface area contributed by atoms with Crippen LogP contribution in [0.4, 0.5) is 0 Å². The standard InChI is InChI=1S/C23H47O7P/c1-2-3-4-5-6-7-8-9-10-11-12-13-14-15-16-17-18-19-23(25)29-20-22(24)21-30-31(26,27)28/h22,24H,2-21H2,1H3,(H2,26,27,28)/p-2/t22-/m1/s1. The molecule has 0 saturated carbocycles. The lowest BCUT2D eigenvalue weighted by Crippen LogP contribution is -2.26. The van der Waals surface area contributed by atoms with E-state index in [4.69, 9.17) is 4.74 Å². The molecule has 7 nitrogen and oxygen atoms in total.